The summed E-state index contributed by atoms with van der Waals surface area (Å²) >= 11 is 0. The van der Waals surface area contributed by atoms with Crippen molar-refractivity contribution < 1.29 is 13.2 Å². The molecule has 1 aromatic carbocycles. The zero-order chi connectivity index (χ0) is 16.2. The molecule has 0 saturated heterocycles. The Hall–Kier alpha value is -1.40. The van der Waals surface area contributed by atoms with Crippen molar-refractivity contribution in [3.8, 4) is 0 Å². The molecule has 0 heterocycles. The molecule has 0 aliphatic carbocycles. The average Bonchev–Trinajstić information content (AvgIpc) is 2.36. The molecule has 0 aliphatic rings. The third kappa shape index (κ3) is 4.82. The van der Waals surface area contributed by atoms with Crippen molar-refractivity contribution in [1.29, 1.82) is 0 Å². The highest BCUT2D eigenvalue weighted by atomic mass is 32.2. The molecule has 6 heteroatoms. The SMILES string of the molecule is CCc1cccc(C)c1NC(=O)CN(C(C)C)S(C)(=O)=O. The van der Waals surface area contributed by atoms with Gasteiger partial charge in [0.2, 0.25) is 15.9 Å². The first-order valence-corrected chi connectivity index (χ1v) is 8.86. The third-order valence-electron chi connectivity index (χ3n) is 3.31. The van der Waals surface area contributed by atoms with E-state index >= 15 is 0 Å². The number of para-hydroxylation sites is 1. The van der Waals surface area contributed by atoms with Gasteiger partial charge in [-0.05, 0) is 38.3 Å². The summed E-state index contributed by atoms with van der Waals surface area (Å²) in [7, 11) is -3.40. The van der Waals surface area contributed by atoms with Crippen LogP contribution in [0.5, 0.6) is 0 Å². The van der Waals surface area contributed by atoms with E-state index in [1.807, 2.05) is 32.0 Å². The van der Waals surface area contributed by atoms with E-state index in [1.165, 1.54) is 4.31 Å². The first-order chi connectivity index (χ1) is 9.66. The predicted molar refractivity (Wildman–Crippen MR) is 85.9 cm³/mol. The molecule has 0 aromatic heterocycles. The average molecular weight is 312 g/mol. The molecule has 1 N–H and O–H groups in total. The number of aryl methyl sites for hydroxylation is 2. The summed E-state index contributed by atoms with van der Waals surface area (Å²) in [5.74, 6) is -0.321. The highest BCUT2D eigenvalue weighted by Gasteiger charge is 2.23. The first kappa shape index (κ1) is 17.7. The van der Waals surface area contributed by atoms with E-state index in [0.29, 0.717) is 0 Å². The van der Waals surface area contributed by atoms with Gasteiger partial charge in [-0.25, -0.2) is 8.42 Å². The van der Waals surface area contributed by atoms with Gasteiger partial charge in [-0.15, -0.1) is 0 Å². The van der Waals surface area contributed by atoms with Crippen LogP contribution in [-0.4, -0.2) is 37.5 Å². The number of rotatable bonds is 6. The van der Waals surface area contributed by atoms with Crippen molar-refractivity contribution in [2.75, 3.05) is 18.1 Å². The lowest BCUT2D eigenvalue weighted by Crippen LogP contribution is -2.41. The molecule has 1 amide bonds. The highest BCUT2D eigenvalue weighted by Crippen LogP contribution is 2.21. The van der Waals surface area contributed by atoms with Gasteiger partial charge in [0.1, 0.15) is 0 Å². The van der Waals surface area contributed by atoms with Crippen LogP contribution in [0.2, 0.25) is 0 Å². The lowest BCUT2D eigenvalue weighted by atomic mass is 10.1. The molecule has 0 saturated carbocycles. The zero-order valence-corrected chi connectivity index (χ0v) is 14.1. The van der Waals surface area contributed by atoms with Gasteiger partial charge in [-0.1, -0.05) is 25.1 Å². The maximum atomic E-state index is 12.2. The monoisotopic (exact) mass is 312 g/mol. The van der Waals surface area contributed by atoms with E-state index in [0.717, 1.165) is 29.5 Å². The second kappa shape index (κ2) is 7.04. The molecular weight excluding hydrogens is 288 g/mol. The van der Waals surface area contributed by atoms with E-state index < -0.39 is 10.0 Å². The number of amides is 1. The maximum absolute atomic E-state index is 12.2. The second-order valence-electron chi connectivity index (χ2n) is 5.41. The molecule has 0 fully saturated rings. The van der Waals surface area contributed by atoms with Gasteiger partial charge in [-0.3, -0.25) is 4.79 Å². The Kier molecular flexibility index (Phi) is 5.92. The fourth-order valence-electron chi connectivity index (χ4n) is 2.21. The van der Waals surface area contributed by atoms with E-state index in [2.05, 4.69) is 5.32 Å². The summed E-state index contributed by atoms with van der Waals surface area (Å²) < 4.78 is 24.6. The second-order valence-corrected chi connectivity index (χ2v) is 7.35. The predicted octanol–water partition coefficient (Wildman–Crippen LogP) is 2.17. The Labute approximate surface area is 127 Å². The summed E-state index contributed by atoms with van der Waals surface area (Å²) in [5.41, 5.74) is 2.79. The summed E-state index contributed by atoms with van der Waals surface area (Å²) in [6, 6.07) is 5.57. The molecule has 1 rings (SSSR count). The Morgan fingerprint density at radius 1 is 1.33 bits per heavy atom. The van der Waals surface area contributed by atoms with Crippen LogP contribution in [-0.2, 0) is 21.2 Å². The number of nitrogens with one attached hydrogen (secondary N) is 1. The smallest absolute Gasteiger partial charge is 0.239 e. The standard InChI is InChI=1S/C15H24N2O3S/c1-6-13-9-7-8-12(4)15(13)16-14(18)10-17(11(2)3)21(5,19)20/h7-9,11H,6,10H2,1-5H3,(H,16,18). The Bertz CT molecular complexity index is 609. The van der Waals surface area contributed by atoms with Crippen molar-refractivity contribution in [1.82, 2.24) is 4.31 Å². The number of carbonyl (C=O) groups is 1. The molecule has 0 spiro atoms. The third-order valence-corrected chi connectivity index (χ3v) is 4.71. The minimum absolute atomic E-state index is 0.173. The number of hydrogen-bond donors (Lipinski definition) is 1. The number of hydrogen-bond acceptors (Lipinski definition) is 3. The highest BCUT2D eigenvalue weighted by molar-refractivity contribution is 7.88. The van der Waals surface area contributed by atoms with Gasteiger partial charge in [0.15, 0.2) is 0 Å². The topological polar surface area (TPSA) is 66.5 Å². The molecule has 0 atom stereocenters. The van der Waals surface area contributed by atoms with Gasteiger partial charge < -0.3 is 5.32 Å². The lowest BCUT2D eigenvalue weighted by Gasteiger charge is -2.23. The van der Waals surface area contributed by atoms with Gasteiger partial charge in [0.05, 0.1) is 12.8 Å². The quantitative estimate of drug-likeness (QED) is 0.875. The number of anilines is 1. The number of nitrogens with zero attached hydrogens (tertiary/aromatic N) is 1. The van der Waals surface area contributed by atoms with Crippen LogP contribution in [0.25, 0.3) is 0 Å². The van der Waals surface area contributed by atoms with Crippen LogP contribution in [0, 0.1) is 6.92 Å². The first-order valence-electron chi connectivity index (χ1n) is 7.02. The minimum Gasteiger partial charge on any atom is -0.324 e. The summed E-state index contributed by atoms with van der Waals surface area (Å²) in [4.78, 5) is 12.2. The van der Waals surface area contributed by atoms with Crippen molar-refractivity contribution >= 4 is 21.6 Å². The van der Waals surface area contributed by atoms with Gasteiger partial charge in [-0.2, -0.15) is 4.31 Å². The Balaban J connectivity index is 2.92. The minimum atomic E-state index is -3.40. The van der Waals surface area contributed by atoms with E-state index in [9.17, 15) is 13.2 Å². The molecular formula is C15H24N2O3S. The van der Waals surface area contributed by atoms with Crippen molar-refractivity contribution in [3.05, 3.63) is 29.3 Å². The molecule has 0 unspecified atom stereocenters. The van der Waals surface area contributed by atoms with Crippen molar-refractivity contribution in [3.63, 3.8) is 0 Å². The van der Waals surface area contributed by atoms with Crippen molar-refractivity contribution in [2.24, 2.45) is 0 Å². The molecule has 0 radical (unpaired) electrons. The van der Waals surface area contributed by atoms with E-state index in [4.69, 9.17) is 0 Å². The van der Waals surface area contributed by atoms with Crippen LogP contribution < -0.4 is 5.32 Å². The fourth-order valence-corrected chi connectivity index (χ4v) is 3.32. The lowest BCUT2D eigenvalue weighted by molar-refractivity contribution is -0.116. The number of benzene rings is 1. The zero-order valence-electron chi connectivity index (χ0n) is 13.3. The van der Waals surface area contributed by atoms with Crippen LogP contribution in [0.1, 0.15) is 31.9 Å². The van der Waals surface area contributed by atoms with Gasteiger partial charge >= 0.3 is 0 Å². The normalized spacial score (nSPS) is 12.0. The molecule has 1 aromatic rings. The summed E-state index contributed by atoms with van der Waals surface area (Å²) in [5, 5.41) is 2.84. The van der Waals surface area contributed by atoms with Crippen molar-refractivity contribution in [2.45, 2.75) is 40.2 Å². The van der Waals surface area contributed by atoms with Crippen LogP contribution in [0.4, 0.5) is 5.69 Å². The van der Waals surface area contributed by atoms with Crippen LogP contribution in [0.3, 0.4) is 0 Å². The Morgan fingerprint density at radius 2 is 1.95 bits per heavy atom. The molecule has 5 nitrogen and oxygen atoms in total. The largest absolute Gasteiger partial charge is 0.324 e. The van der Waals surface area contributed by atoms with Crippen LogP contribution >= 0.6 is 0 Å². The molecule has 0 aliphatic heterocycles. The molecule has 21 heavy (non-hydrogen) atoms. The number of sulfonamides is 1. The van der Waals surface area contributed by atoms with E-state index in [1.54, 1.807) is 13.8 Å². The molecule has 0 bridgehead atoms. The van der Waals surface area contributed by atoms with Gasteiger partial charge in [0.25, 0.3) is 0 Å². The Morgan fingerprint density at radius 3 is 2.43 bits per heavy atom. The fraction of sp³-hybridized carbons (Fsp3) is 0.533. The number of carbonyl (C=O) groups excluding carboxylic acids is 1. The van der Waals surface area contributed by atoms with Gasteiger partial charge in [0, 0.05) is 11.7 Å². The maximum Gasteiger partial charge on any atom is 0.239 e. The summed E-state index contributed by atoms with van der Waals surface area (Å²) in [6.07, 6.45) is 1.92. The van der Waals surface area contributed by atoms with E-state index in [-0.39, 0.29) is 18.5 Å². The van der Waals surface area contributed by atoms with Crippen LogP contribution in [0.15, 0.2) is 18.2 Å². The molecule has 118 valence electrons. The summed E-state index contributed by atoms with van der Waals surface area (Å²) in [6.45, 7) is 7.26.